The smallest absolute Gasteiger partial charge is 0.248 e. The summed E-state index contributed by atoms with van der Waals surface area (Å²) in [4.78, 5) is 17.2. The SMILES string of the molecule is CCCCOCC(=O)N1C[C@@H](c2cccc(F)c2F)[C@@H]2[C@H]1C1CCN2CC1. The average molecular weight is 378 g/mol. The number of rotatable bonds is 6. The van der Waals surface area contributed by atoms with Gasteiger partial charge in [-0.05, 0) is 49.9 Å². The quantitative estimate of drug-likeness (QED) is 0.713. The van der Waals surface area contributed by atoms with E-state index in [1.54, 1.807) is 12.1 Å². The molecule has 4 aliphatic heterocycles. The number of likely N-dealkylation sites (tertiary alicyclic amines) is 1. The van der Waals surface area contributed by atoms with Gasteiger partial charge in [0, 0.05) is 25.1 Å². The standard InChI is InChI=1S/C21H28F2N2O2/c1-2-3-11-27-13-18(26)25-12-16(15-5-4-6-17(22)19(15)23)21-20(25)14-7-9-24(21)10-8-14/h4-6,14,16,20-21H,2-3,7-13H2,1H3/t16-,20+,21+/m0/s1. The summed E-state index contributed by atoms with van der Waals surface area (Å²) in [5, 5.41) is 0. The molecule has 0 spiro atoms. The molecule has 4 nitrogen and oxygen atoms in total. The molecule has 0 saturated carbocycles. The summed E-state index contributed by atoms with van der Waals surface area (Å²) in [5.74, 6) is -1.34. The van der Waals surface area contributed by atoms with E-state index in [9.17, 15) is 13.6 Å². The second-order valence-corrected chi connectivity index (χ2v) is 8.06. The number of piperidine rings is 3. The predicted octanol–water partition coefficient (Wildman–Crippen LogP) is 3.17. The van der Waals surface area contributed by atoms with E-state index in [4.69, 9.17) is 4.74 Å². The molecule has 1 amide bonds. The van der Waals surface area contributed by atoms with Crippen LogP contribution < -0.4 is 0 Å². The number of unbranched alkanes of at least 4 members (excludes halogenated alkanes) is 1. The van der Waals surface area contributed by atoms with Crippen LogP contribution in [0.1, 0.15) is 44.1 Å². The van der Waals surface area contributed by atoms with Crippen molar-refractivity contribution in [2.75, 3.05) is 32.8 Å². The summed E-state index contributed by atoms with van der Waals surface area (Å²) in [6, 6.07) is 4.56. The molecule has 0 aromatic heterocycles. The number of carbonyl (C=O) groups excluding carboxylic acids is 1. The minimum atomic E-state index is -0.812. The molecule has 5 rings (SSSR count). The fourth-order valence-electron chi connectivity index (χ4n) is 5.27. The van der Waals surface area contributed by atoms with Gasteiger partial charge in [0.2, 0.25) is 5.91 Å². The monoisotopic (exact) mass is 378 g/mol. The Bertz CT molecular complexity index is 691. The lowest BCUT2D eigenvalue weighted by molar-refractivity contribution is -0.140. The van der Waals surface area contributed by atoms with Crippen LogP contribution in [0, 0.1) is 17.6 Å². The maximum Gasteiger partial charge on any atom is 0.248 e. The Balaban J connectivity index is 1.58. The Morgan fingerprint density at radius 2 is 2.00 bits per heavy atom. The second kappa shape index (κ2) is 7.84. The number of carbonyl (C=O) groups is 1. The summed E-state index contributed by atoms with van der Waals surface area (Å²) in [6.07, 6.45) is 4.10. The maximum absolute atomic E-state index is 14.5. The van der Waals surface area contributed by atoms with E-state index in [-0.39, 0.29) is 30.5 Å². The first-order valence-corrected chi connectivity index (χ1v) is 10.2. The van der Waals surface area contributed by atoms with E-state index >= 15 is 0 Å². The van der Waals surface area contributed by atoms with Gasteiger partial charge in [-0.2, -0.15) is 0 Å². The lowest BCUT2D eigenvalue weighted by Gasteiger charge is -2.51. The van der Waals surface area contributed by atoms with E-state index in [0.29, 0.717) is 24.6 Å². The molecule has 2 bridgehead atoms. The van der Waals surface area contributed by atoms with Gasteiger partial charge in [-0.15, -0.1) is 0 Å². The highest BCUT2D eigenvalue weighted by Gasteiger charge is 2.55. The number of ether oxygens (including phenoxy) is 1. The first kappa shape index (κ1) is 18.8. The first-order valence-electron chi connectivity index (χ1n) is 10.2. The third-order valence-electron chi connectivity index (χ3n) is 6.56. The molecule has 0 aliphatic carbocycles. The molecule has 4 fully saturated rings. The van der Waals surface area contributed by atoms with Crippen LogP contribution in [-0.4, -0.2) is 60.6 Å². The Kier molecular flexibility index (Phi) is 5.46. The van der Waals surface area contributed by atoms with Crippen LogP contribution in [0.3, 0.4) is 0 Å². The van der Waals surface area contributed by atoms with Crippen molar-refractivity contribution >= 4 is 5.91 Å². The molecule has 0 radical (unpaired) electrons. The van der Waals surface area contributed by atoms with Crippen LogP contribution >= 0.6 is 0 Å². The van der Waals surface area contributed by atoms with E-state index < -0.39 is 11.6 Å². The number of fused-ring (bicyclic) bond motifs is 2. The third-order valence-corrected chi connectivity index (χ3v) is 6.56. The van der Waals surface area contributed by atoms with Crippen LogP contribution in [0.2, 0.25) is 0 Å². The molecule has 6 heteroatoms. The lowest BCUT2D eigenvalue weighted by atomic mass is 9.75. The van der Waals surface area contributed by atoms with Crippen molar-refractivity contribution in [2.24, 2.45) is 5.92 Å². The van der Waals surface area contributed by atoms with Gasteiger partial charge in [-0.25, -0.2) is 8.78 Å². The van der Waals surface area contributed by atoms with Crippen LogP contribution in [0.5, 0.6) is 0 Å². The van der Waals surface area contributed by atoms with E-state index in [1.807, 2.05) is 4.90 Å². The van der Waals surface area contributed by atoms with Gasteiger partial charge in [0.1, 0.15) is 6.61 Å². The number of hydrogen-bond acceptors (Lipinski definition) is 3. The summed E-state index contributed by atoms with van der Waals surface area (Å²) >= 11 is 0. The van der Waals surface area contributed by atoms with Crippen molar-refractivity contribution < 1.29 is 18.3 Å². The molecule has 1 aromatic carbocycles. The topological polar surface area (TPSA) is 32.8 Å². The third kappa shape index (κ3) is 3.38. The first-order chi connectivity index (χ1) is 13.1. The number of halogens is 2. The van der Waals surface area contributed by atoms with Crippen molar-refractivity contribution in [3.05, 3.63) is 35.4 Å². The molecular weight excluding hydrogens is 350 g/mol. The Labute approximate surface area is 159 Å². The van der Waals surface area contributed by atoms with Crippen LogP contribution in [0.25, 0.3) is 0 Å². The van der Waals surface area contributed by atoms with Crippen LogP contribution in [0.4, 0.5) is 8.78 Å². The number of nitrogens with zero attached hydrogens (tertiary/aromatic N) is 2. The number of hydrogen-bond donors (Lipinski definition) is 0. The predicted molar refractivity (Wildman–Crippen MR) is 98.4 cm³/mol. The van der Waals surface area contributed by atoms with Crippen molar-refractivity contribution in [3.8, 4) is 0 Å². The largest absolute Gasteiger partial charge is 0.372 e. The highest BCUT2D eigenvalue weighted by Crippen LogP contribution is 2.47. The molecule has 0 unspecified atom stereocenters. The van der Waals surface area contributed by atoms with Crippen molar-refractivity contribution in [2.45, 2.75) is 50.6 Å². The van der Waals surface area contributed by atoms with Gasteiger partial charge in [0.15, 0.2) is 11.6 Å². The molecule has 4 heterocycles. The van der Waals surface area contributed by atoms with E-state index in [1.165, 1.54) is 0 Å². The van der Waals surface area contributed by atoms with Gasteiger partial charge in [0.25, 0.3) is 0 Å². The van der Waals surface area contributed by atoms with Gasteiger partial charge < -0.3 is 9.64 Å². The molecular formula is C21H28F2N2O2. The van der Waals surface area contributed by atoms with E-state index in [0.717, 1.165) is 44.8 Å². The minimum absolute atomic E-state index is 0.0193. The highest BCUT2D eigenvalue weighted by molar-refractivity contribution is 5.78. The Morgan fingerprint density at radius 3 is 2.74 bits per heavy atom. The maximum atomic E-state index is 14.5. The number of benzene rings is 1. The Morgan fingerprint density at radius 1 is 1.22 bits per heavy atom. The normalized spacial score (nSPS) is 32.0. The molecule has 4 aliphatic rings. The van der Waals surface area contributed by atoms with E-state index in [2.05, 4.69) is 11.8 Å². The van der Waals surface area contributed by atoms with Crippen molar-refractivity contribution in [1.82, 2.24) is 9.80 Å². The van der Waals surface area contributed by atoms with Crippen LogP contribution in [-0.2, 0) is 9.53 Å². The fourth-order valence-corrected chi connectivity index (χ4v) is 5.27. The van der Waals surface area contributed by atoms with Crippen LogP contribution in [0.15, 0.2) is 18.2 Å². The Hall–Kier alpha value is -1.53. The summed E-state index contributed by atoms with van der Waals surface area (Å²) in [6.45, 7) is 5.15. The fraction of sp³-hybridized carbons (Fsp3) is 0.667. The zero-order valence-corrected chi connectivity index (χ0v) is 15.9. The molecule has 3 atom stereocenters. The molecule has 27 heavy (non-hydrogen) atoms. The summed E-state index contributed by atoms with van der Waals surface area (Å²) in [7, 11) is 0. The second-order valence-electron chi connectivity index (χ2n) is 8.06. The highest BCUT2D eigenvalue weighted by atomic mass is 19.2. The molecule has 1 aromatic rings. The van der Waals surface area contributed by atoms with Gasteiger partial charge >= 0.3 is 0 Å². The summed E-state index contributed by atoms with van der Waals surface area (Å²) in [5.41, 5.74) is 0.403. The molecule has 4 saturated heterocycles. The minimum Gasteiger partial charge on any atom is -0.372 e. The zero-order chi connectivity index (χ0) is 19.0. The average Bonchev–Trinajstić information content (AvgIpc) is 3.11. The van der Waals surface area contributed by atoms with Crippen molar-refractivity contribution in [1.29, 1.82) is 0 Å². The molecule has 0 N–H and O–H groups in total. The number of amides is 1. The zero-order valence-electron chi connectivity index (χ0n) is 15.9. The van der Waals surface area contributed by atoms with Crippen molar-refractivity contribution in [3.63, 3.8) is 0 Å². The van der Waals surface area contributed by atoms with Gasteiger partial charge in [-0.3, -0.25) is 9.69 Å². The van der Waals surface area contributed by atoms with Gasteiger partial charge in [-0.1, -0.05) is 25.5 Å². The lowest BCUT2D eigenvalue weighted by Crippen LogP contribution is -2.61. The molecule has 148 valence electrons. The summed E-state index contributed by atoms with van der Waals surface area (Å²) < 4.78 is 34.0. The van der Waals surface area contributed by atoms with Gasteiger partial charge in [0.05, 0.1) is 6.04 Å².